The fourth-order valence-electron chi connectivity index (χ4n) is 4.08. The second-order valence-electron chi connectivity index (χ2n) is 7.45. The summed E-state index contributed by atoms with van der Waals surface area (Å²) >= 11 is 0. The van der Waals surface area contributed by atoms with Gasteiger partial charge in [0.05, 0.1) is 29.8 Å². The van der Waals surface area contributed by atoms with Gasteiger partial charge < -0.3 is 15.4 Å². The number of para-hydroxylation sites is 2. The van der Waals surface area contributed by atoms with Gasteiger partial charge in [-0.15, -0.1) is 0 Å². The van der Waals surface area contributed by atoms with E-state index in [0.717, 1.165) is 34.0 Å². The fourth-order valence-corrected chi connectivity index (χ4v) is 4.08. The number of carbonyl (C=O) groups is 1. The Labute approximate surface area is 180 Å². The number of imidazole rings is 1. The summed E-state index contributed by atoms with van der Waals surface area (Å²) in [5.74, 6) is 1.31. The smallest absolute Gasteiger partial charge is 0.255 e. The monoisotopic (exact) mass is 410 g/mol. The summed E-state index contributed by atoms with van der Waals surface area (Å²) in [4.78, 5) is 18.3. The molecule has 1 aromatic heterocycles. The van der Waals surface area contributed by atoms with E-state index in [1.54, 1.807) is 7.11 Å². The molecule has 2 heterocycles. The molecule has 1 aliphatic rings. The average Bonchev–Trinajstić information content (AvgIpc) is 3.17. The highest BCUT2D eigenvalue weighted by Gasteiger charge is 2.34. The number of amides is 1. The normalized spacial score (nSPS) is 15.4. The van der Waals surface area contributed by atoms with Crippen LogP contribution in [0.2, 0.25) is 0 Å². The average molecular weight is 410 g/mol. The summed E-state index contributed by atoms with van der Waals surface area (Å²) in [5.41, 5.74) is 5.02. The van der Waals surface area contributed by atoms with E-state index in [-0.39, 0.29) is 11.9 Å². The van der Waals surface area contributed by atoms with Crippen molar-refractivity contribution in [2.24, 2.45) is 0 Å². The number of carbonyl (C=O) groups excluding carboxylic acids is 1. The maximum absolute atomic E-state index is 13.5. The number of fused-ring (bicyclic) bond motifs is 3. The molecule has 1 atom stereocenters. The predicted molar refractivity (Wildman–Crippen MR) is 122 cm³/mol. The summed E-state index contributed by atoms with van der Waals surface area (Å²) in [7, 11) is 1.62. The van der Waals surface area contributed by atoms with Gasteiger partial charge in [-0.1, -0.05) is 42.5 Å². The van der Waals surface area contributed by atoms with Gasteiger partial charge in [-0.3, -0.25) is 9.36 Å². The third kappa shape index (κ3) is 3.32. The molecule has 0 fully saturated rings. The zero-order valence-corrected chi connectivity index (χ0v) is 17.3. The maximum Gasteiger partial charge on any atom is 0.255 e. The van der Waals surface area contributed by atoms with Crippen LogP contribution in [0.15, 0.2) is 90.1 Å². The molecule has 1 aliphatic heterocycles. The van der Waals surface area contributed by atoms with Crippen LogP contribution in [0.1, 0.15) is 18.5 Å². The van der Waals surface area contributed by atoms with Crippen LogP contribution in [0.25, 0.3) is 11.0 Å². The molecule has 0 bridgehead atoms. The highest BCUT2D eigenvalue weighted by molar-refractivity contribution is 6.06. The lowest BCUT2D eigenvalue weighted by Gasteiger charge is -2.30. The van der Waals surface area contributed by atoms with Gasteiger partial charge in [-0.25, -0.2) is 4.98 Å². The van der Waals surface area contributed by atoms with Crippen molar-refractivity contribution in [3.63, 3.8) is 0 Å². The molecule has 0 saturated carbocycles. The molecule has 0 saturated heterocycles. The van der Waals surface area contributed by atoms with Crippen LogP contribution in [0, 0.1) is 0 Å². The highest BCUT2D eigenvalue weighted by Crippen LogP contribution is 2.39. The van der Waals surface area contributed by atoms with E-state index in [1.165, 1.54) is 0 Å². The molecule has 1 amide bonds. The Morgan fingerprint density at radius 1 is 1.00 bits per heavy atom. The van der Waals surface area contributed by atoms with Crippen LogP contribution >= 0.6 is 0 Å². The summed E-state index contributed by atoms with van der Waals surface area (Å²) in [5, 5.41) is 6.37. The zero-order chi connectivity index (χ0) is 21.4. The molecule has 4 aromatic rings. The van der Waals surface area contributed by atoms with Gasteiger partial charge in [0.1, 0.15) is 5.75 Å². The second kappa shape index (κ2) is 7.65. The number of benzene rings is 3. The van der Waals surface area contributed by atoms with Gasteiger partial charge in [0.2, 0.25) is 5.95 Å². The Bertz CT molecular complexity index is 1290. The van der Waals surface area contributed by atoms with Crippen LogP contribution < -0.4 is 15.4 Å². The van der Waals surface area contributed by atoms with E-state index in [9.17, 15) is 4.79 Å². The van der Waals surface area contributed by atoms with Gasteiger partial charge in [0, 0.05) is 11.4 Å². The Balaban J connectivity index is 1.61. The molecular weight excluding hydrogens is 388 g/mol. The Hall–Kier alpha value is -4.06. The SMILES string of the molecule is COc1ccc(NC(=O)C2=C(C)Nc3nc4ccccc4n3C2c2ccccc2)cc1. The lowest BCUT2D eigenvalue weighted by Crippen LogP contribution is -2.30. The minimum Gasteiger partial charge on any atom is -0.497 e. The number of nitrogens with one attached hydrogen (secondary N) is 2. The number of aromatic nitrogens is 2. The van der Waals surface area contributed by atoms with Crippen LogP contribution in [-0.4, -0.2) is 22.6 Å². The van der Waals surface area contributed by atoms with E-state index in [1.807, 2.05) is 85.8 Å². The first-order valence-corrected chi connectivity index (χ1v) is 10.1. The lowest BCUT2D eigenvalue weighted by molar-refractivity contribution is -0.113. The first-order valence-electron chi connectivity index (χ1n) is 10.1. The fraction of sp³-hybridized carbons (Fsp3) is 0.120. The first-order chi connectivity index (χ1) is 15.2. The summed E-state index contributed by atoms with van der Waals surface area (Å²) in [6.45, 7) is 1.92. The molecule has 1 unspecified atom stereocenters. The quantitative estimate of drug-likeness (QED) is 0.498. The van der Waals surface area contributed by atoms with E-state index in [4.69, 9.17) is 9.72 Å². The summed E-state index contributed by atoms with van der Waals surface area (Å²) in [6, 6.07) is 25.0. The number of rotatable bonds is 4. The second-order valence-corrected chi connectivity index (χ2v) is 7.45. The molecule has 0 aliphatic carbocycles. The number of anilines is 2. The third-order valence-corrected chi connectivity index (χ3v) is 5.54. The van der Waals surface area contributed by atoms with Crippen molar-refractivity contribution in [2.45, 2.75) is 13.0 Å². The van der Waals surface area contributed by atoms with Gasteiger partial charge in [-0.05, 0) is 48.9 Å². The van der Waals surface area contributed by atoms with Crippen molar-refractivity contribution in [2.75, 3.05) is 17.7 Å². The molecule has 5 rings (SSSR count). The predicted octanol–water partition coefficient (Wildman–Crippen LogP) is 4.97. The van der Waals surface area contributed by atoms with Gasteiger partial charge in [-0.2, -0.15) is 0 Å². The van der Waals surface area contributed by atoms with Crippen LogP contribution in [0.5, 0.6) is 5.75 Å². The Morgan fingerprint density at radius 3 is 2.45 bits per heavy atom. The molecule has 154 valence electrons. The van der Waals surface area contributed by atoms with Crippen molar-refractivity contribution in [1.82, 2.24) is 9.55 Å². The van der Waals surface area contributed by atoms with Crippen LogP contribution in [0.4, 0.5) is 11.6 Å². The van der Waals surface area contributed by atoms with Gasteiger partial charge in [0.15, 0.2) is 0 Å². The van der Waals surface area contributed by atoms with E-state index in [2.05, 4.69) is 15.2 Å². The number of ether oxygens (including phenoxy) is 1. The van der Waals surface area contributed by atoms with Crippen LogP contribution in [-0.2, 0) is 4.79 Å². The van der Waals surface area contributed by atoms with Crippen molar-refractivity contribution < 1.29 is 9.53 Å². The van der Waals surface area contributed by atoms with E-state index < -0.39 is 0 Å². The van der Waals surface area contributed by atoms with E-state index >= 15 is 0 Å². The topological polar surface area (TPSA) is 68.2 Å². The maximum atomic E-state index is 13.5. The first kappa shape index (κ1) is 18.9. The summed E-state index contributed by atoms with van der Waals surface area (Å²) in [6.07, 6.45) is 0. The minimum atomic E-state index is -0.303. The molecule has 3 aromatic carbocycles. The van der Waals surface area contributed by atoms with Gasteiger partial charge in [0.25, 0.3) is 5.91 Å². The van der Waals surface area contributed by atoms with Crippen LogP contribution in [0.3, 0.4) is 0 Å². The van der Waals surface area contributed by atoms with Crippen molar-refractivity contribution in [3.8, 4) is 5.75 Å². The largest absolute Gasteiger partial charge is 0.497 e. The van der Waals surface area contributed by atoms with Crippen molar-refractivity contribution in [1.29, 1.82) is 0 Å². The van der Waals surface area contributed by atoms with Crippen molar-refractivity contribution >= 4 is 28.6 Å². The number of hydrogen-bond donors (Lipinski definition) is 2. The number of methoxy groups -OCH3 is 1. The molecule has 6 nitrogen and oxygen atoms in total. The van der Waals surface area contributed by atoms with E-state index in [0.29, 0.717) is 11.3 Å². The lowest BCUT2D eigenvalue weighted by atomic mass is 9.94. The van der Waals surface area contributed by atoms with Gasteiger partial charge >= 0.3 is 0 Å². The molecule has 0 spiro atoms. The Morgan fingerprint density at radius 2 is 1.71 bits per heavy atom. The molecule has 6 heteroatoms. The molecular formula is C25H22N4O2. The Kier molecular flexibility index (Phi) is 4.67. The standard InChI is InChI=1S/C25H22N4O2/c1-16-22(24(30)27-18-12-14-19(31-2)15-13-18)23(17-8-4-3-5-9-17)29-21-11-7-6-10-20(21)28-25(29)26-16/h3-15,23H,1-2H3,(H,26,28)(H,27,30). The molecule has 0 radical (unpaired) electrons. The third-order valence-electron chi connectivity index (χ3n) is 5.54. The zero-order valence-electron chi connectivity index (χ0n) is 17.3. The molecule has 2 N–H and O–H groups in total. The van der Waals surface area contributed by atoms with Crippen molar-refractivity contribution in [3.05, 3.63) is 95.7 Å². The number of hydrogen-bond acceptors (Lipinski definition) is 4. The number of nitrogens with zero attached hydrogens (tertiary/aromatic N) is 2. The number of allylic oxidation sites excluding steroid dienone is 1. The minimum absolute atomic E-state index is 0.160. The molecule has 31 heavy (non-hydrogen) atoms. The highest BCUT2D eigenvalue weighted by atomic mass is 16.5. The summed E-state index contributed by atoms with van der Waals surface area (Å²) < 4.78 is 7.31.